The summed E-state index contributed by atoms with van der Waals surface area (Å²) in [5.41, 5.74) is 0. The van der Waals surface area contributed by atoms with Crippen LogP contribution in [0.1, 0.15) is 26.2 Å². The lowest BCUT2D eigenvalue weighted by Crippen LogP contribution is -2.39. The van der Waals surface area contributed by atoms with E-state index < -0.39 is 10.0 Å². The number of likely N-dealkylation sites (tertiary alicyclic amines) is 1. The molecule has 0 saturated carbocycles. The minimum atomic E-state index is -3.09. The van der Waals surface area contributed by atoms with E-state index in [1.807, 2.05) is 6.92 Å². The van der Waals surface area contributed by atoms with Crippen LogP contribution in [-0.2, 0) is 10.0 Å². The molecule has 1 saturated heterocycles. The first-order valence-corrected chi connectivity index (χ1v) is 8.08. The lowest BCUT2D eigenvalue weighted by Gasteiger charge is -2.19. The summed E-state index contributed by atoms with van der Waals surface area (Å²) in [6, 6.07) is 0.374. The largest absolute Gasteiger partial charge is 0.317 e. The van der Waals surface area contributed by atoms with Crippen molar-refractivity contribution >= 4 is 10.0 Å². The number of nitrogens with one attached hydrogen (secondary N) is 2. The molecule has 1 aliphatic heterocycles. The molecule has 17 heavy (non-hydrogen) atoms. The van der Waals surface area contributed by atoms with E-state index in [0.717, 1.165) is 26.1 Å². The standard InChI is InChI=1S/C11H25N3O2S/c1-3-12-7-5-9-17(15,16)13-10-11-6-4-8-14(11)2/h11-13H,3-10H2,1-2H3. The molecule has 1 aliphatic rings. The molecule has 0 aliphatic carbocycles. The number of sulfonamides is 1. The van der Waals surface area contributed by atoms with Crippen molar-refractivity contribution in [3.05, 3.63) is 0 Å². The van der Waals surface area contributed by atoms with E-state index in [-0.39, 0.29) is 5.75 Å². The first-order valence-electron chi connectivity index (χ1n) is 6.43. The van der Waals surface area contributed by atoms with Crippen LogP contribution >= 0.6 is 0 Å². The van der Waals surface area contributed by atoms with Crippen molar-refractivity contribution in [2.75, 3.05) is 39.0 Å². The zero-order valence-electron chi connectivity index (χ0n) is 10.9. The third-order valence-electron chi connectivity index (χ3n) is 3.23. The Morgan fingerprint density at radius 3 is 2.76 bits per heavy atom. The molecule has 0 aromatic heterocycles. The highest BCUT2D eigenvalue weighted by Gasteiger charge is 2.22. The van der Waals surface area contributed by atoms with Gasteiger partial charge in [-0.1, -0.05) is 6.92 Å². The molecule has 1 atom stereocenters. The molecule has 2 N–H and O–H groups in total. The fourth-order valence-corrected chi connectivity index (χ4v) is 3.21. The molecule has 0 aromatic rings. The third kappa shape index (κ3) is 5.81. The Morgan fingerprint density at radius 1 is 1.41 bits per heavy atom. The van der Waals surface area contributed by atoms with E-state index in [2.05, 4.69) is 22.0 Å². The predicted molar refractivity (Wildman–Crippen MR) is 70.6 cm³/mol. The van der Waals surface area contributed by atoms with Gasteiger partial charge in [0.2, 0.25) is 10.0 Å². The van der Waals surface area contributed by atoms with E-state index in [0.29, 0.717) is 19.0 Å². The van der Waals surface area contributed by atoms with Crippen LogP contribution in [0, 0.1) is 0 Å². The highest BCUT2D eigenvalue weighted by atomic mass is 32.2. The van der Waals surface area contributed by atoms with E-state index in [1.165, 1.54) is 6.42 Å². The van der Waals surface area contributed by atoms with Gasteiger partial charge < -0.3 is 10.2 Å². The minimum absolute atomic E-state index is 0.219. The van der Waals surface area contributed by atoms with Gasteiger partial charge in [0.15, 0.2) is 0 Å². The Labute approximate surface area is 105 Å². The molecule has 0 amide bonds. The zero-order valence-corrected chi connectivity index (χ0v) is 11.7. The van der Waals surface area contributed by atoms with Crippen molar-refractivity contribution < 1.29 is 8.42 Å². The Hall–Kier alpha value is -0.170. The number of hydrogen-bond acceptors (Lipinski definition) is 4. The molecule has 1 rings (SSSR count). The van der Waals surface area contributed by atoms with E-state index in [4.69, 9.17) is 0 Å². The highest BCUT2D eigenvalue weighted by Crippen LogP contribution is 2.13. The Bertz CT molecular complexity index is 306. The molecule has 5 nitrogen and oxygen atoms in total. The van der Waals surface area contributed by atoms with Gasteiger partial charge in [0.1, 0.15) is 0 Å². The second-order valence-electron chi connectivity index (χ2n) is 4.65. The van der Waals surface area contributed by atoms with E-state index in [9.17, 15) is 8.42 Å². The van der Waals surface area contributed by atoms with Crippen LogP contribution in [0.25, 0.3) is 0 Å². The van der Waals surface area contributed by atoms with Gasteiger partial charge in [-0.05, 0) is 45.9 Å². The fraction of sp³-hybridized carbons (Fsp3) is 1.00. The topological polar surface area (TPSA) is 61.4 Å². The predicted octanol–water partition coefficient (Wildman–Crippen LogP) is -0.000400. The van der Waals surface area contributed by atoms with Gasteiger partial charge in [-0.15, -0.1) is 0 Å². The monoisotopic (exact) mass is 263 g/mol. The summed E-state index contributed by atoms with van der Waals surface area (Å²) >= 11 is 0. The lowest BCUT2D eigenvalue weighted by atomic mass is 10.2. The SMILES string of the molecule is CCNCCCS(=O)(=O)NCC1CCCN1C. The maximum Gasteiger partial charge on any atom is 0.211 e. The quantitative estimate of drug-likeness (QED) is 0.605. The number of likely N-dealkylation sites (N-methyl/N-ethyl adjacent to an activating group) is 1. The van der Waals surface area contributed by atoms with Gasteiger partial charge in [-0.25, -0.2) is 13.1 Å². The maximum absolute atomic E-state index is 11.7. The number of nitrogens with zero attached hydrogens (tertiary/aromatic N) is 1. The van der Waals surface area contributed by atoms with Gasteiger partial charge in [-0.2, -0.15) is 0 Å². The van der Waals surface area contributed by atoms with Crippen molar-refractivity contribution in [2.45, 2.75) is 32.2 Å². The summed E-state index contributed by atoms with van der Waals surface area (Å²) in [5.74, 6) is 0.219. The van der Waals surface area contributed by atoms with E-state index >= 15 is 0 Å². The maximum atomic E-state index is 11.7. The molecule has 1 heterocycles. The van der Waals surface area contributed by atoms with Crippen LogP contribution in [0.2, 0.25) is 0 Å². The van der Waals surface area contributed by atoms with E-state index in [1.54, 1.807) is 0 Å². The third-order valence-corrected chi connectivity index (χ3v) is 4.66. The van der Waals surface area contributed by atoms with Crippen molar-refractivity contribution in [2.24, 2.45) is 0 Å². The van der Waals surface area contributed by atoms with Gasteiger partial charge in [0.05, 0.1) is 5.75 Å². The van der Waals surface area contributed by atoms with Crippen LogP contribution < -0.4 is 10.0 Å². The van der Waals surface area contributed by atoms with Gasteiger partial charge in [-0.3, -0.25) is 0 Å². The normalized spacial score (nSPS) is 22.1. The molecule has 1 fully saturated rings. The molecular weight excluding hydrogens is 238 g/mol. The minimum Gasteiger partial charge on any atom is -0.317 e. The summed E-state index contributed by atoms with van der Waals surface area (Å²) in [6.07, 6.45) is 2.93. The molecule has 1 unspecified atom stereocenters. The molecule has 0 radical (unpaired) electrons. The van der Waals surface area contributed by atoms with Crippen molar-refractivity contribution in [3.63, 3.8) is 0 Å². The first-order chi connectivity index (χ1) is 8.05. The number of hydrogen-bond donors (Lipinski definition) is 2. The Kier molecular flexibility index (Phi) is 6.40. The van der Waals surface area contributed by atoms with Gasteiger partial charge in [0, 0.05) is 12.6 Å². The van der Waals surface area contributed by atoms with Crippen molar-refractivity contribution in [1.82, 2.24) is 14.9 Å². The lowest BCUT2D eigenvalue weighted by molar-refractivity contribution is 0.311. The number of rotatable bonds is 8. The summed E-state index contributed by atoms with van der Waals surface area (Å²) in [5, 5.41) is 3.12. The molecule has 6 heteroatoms. The van der Waals surface area contributed by atoms with Gasteiger partial charge in [0.25, 0.3) is 0 Å². The summed E-state index contributed by atoms with van der Waals surface area (Å²) in [7, 11) is -1.04. The molecule has 0 aromatic carbocycles. The molecular formula is C11H25N3O2S. The smallest absolute Gasteiger partial charge is 0.211 e. The Morgan fingerprint density at radius 2 is 2.18 bits per heavy atom. The summed E-state index contributed by atoms with van der Waals surface area (Å²) < 4.78 is 26.1. The highest BCUT2D eigenvalue weighted by molar-refractivity contribution is 7.89. The summed E-state index contributed by atoms with van der Waals surface area (Å²) in [4.78, 5) is 2.22. The average Bonchev–Trinajstić information content (AvgIpc) is 2.68. The fourth-order valence-electron chi connectivity index (χ4n) is 2.10. The molecule has 102 valence electrons. The van der Waals surface area contributed by atoms with Crippen LogP contribution in [0.4, 0.5) is 0 Å². The summed E-state index contributed by atoms with van der Waals surface area (Å²) in [6.45, 7) is 5.30. The second-order valence-corrected chi connectivity index (χ2v) is 6.58. The van der Waals surface area contributed by atoms with Crippen molar-refractivity contribution in [3.8, 4) is 0 Å². The van der Waals surface area contributed by atoms with Crippen LogP contribution in [0.5, 0.6) is 0 Å². The van der Waals surface area contributed by atoms with Crippen LogP contribution in [0.3, 0.4) is 0 Å². The zero-order chi connectivity index (χ0) is 12.7. The Balaban J connectivity index is 2.19. The molecule has 0 bridgehead atoms. The van der Waals surface area contributed by atoms with Crippen LogP contribution in [0.15, 0.2) is 0 Å². The van der Waals surface area contributed by atoms with Crippen molar-refractivity contribution in [1.29, 1.82) is 0 Å². The second kappa shape index (κ2) is 7.31. The first kappa shape index (κ1) is 14.9. The average molecular weight is 263 g/mol. The van der Waals surface area contributed by atoms with Gasteiger partial charge >= 0.3 is 0 Å². The molecule has 0 spiro atoms. The van der Waals surface area contributed by atoms with Crippen LogP contribution in [-0.4, -0.2) is 58.3 Å².